The minimum atomic E-state index is -4.40. The third-order valence-corrected chi connectivity index (χ3v) is 9.56. The van der Waals surface area contributed by atoms with Crippen molar-refractivity contribution in [3.05, 3.63) is 120 Å². The molecule has 0 radical (unpaired) electrons. The van der Waals surface area contributed by atoms with Gasteiger partial charge in [0, 0.05) is 25.6 Å². The Balaban J connectivity index is 1.56. The van der Waals surface area contributed by atoms with E-state index in [1.807, 2.05) is 68.4 Å². The summed E-state index contributed by atoms with van der Waals surface area (Å²) in [6.45, 7) is 4.29. The molecule has 0 bridgehead atoms. The van der Waals surface area contributed by atoms with Crippen LogP contribution in [0.2, 0.25) is 0 Å². The number of aryl methyl sites for hydroxylation is 1. The average Bonchev–Trinajstić information content (AvgIpc) is 3.09. The second kappa shape index (κ2) is 15.1. The molecule has 5 rings (SSSR count). The number of nitrogens with one attached hydrogen (secondary N) is 1. The van der Waals surface area contributed by atoms with Crippen molar-refractivity contribution in [1.29, 1.82) is 0 Å². The summed E-state index contributed by atoms with van der Waals surface area (Å²) in [7, 11) is -4.40. The fraction of sp³-hybridized carbons (Fsp3) is 0.278. The summed E-state index contributed by atoms with van der Waals surface area (Å²) < 4.78 is 54.7. The van der Waals surface area contributed by atoms with E-state index >= 15 is 0 Å². The number of fused-ring (bicyclic) bond motifs is 1. The van der Waals surface area contributed by atoms with Gasteiger partial charge in [0.1, 0.15) is 31.6 Å². The van der Waals surface area contributed by atoms with Crippen LogP contribution in [0.4, 0.5) is 10.1 Å². The predicted molar refractivity (Wildman–Crippen MR) is 177 cm³/mol. The molecule has 0 unspecified atom stereocenters. The van der Waals surface area contributed by atoms with Crippen LogP contribution in [-0.4, -0.2) is 57.5 Å². The largest absolute Gasteiger partial charge is 0.486 e. The van der Waals surface area contributed by atoms with Gasteiger partial charge in [-0.05, 0) is 60.9 Å². The van der Waals surface area contributed by atoms with Crippen LogP contribution in [0.3, 0.4) is 0 Å². The van der Waals surface area contributed by atoms with Crippen molar-refractivity contribution in [3.8, 4) is 11.5 Å². The molecule has 1 N–H and O–H groups in total. The Bertz CT molecular complexity index is 1780. The summed E-state index contributed by atoms with van der Waals surface area (Å²) in [5.74, 6) is -0.846. The van der Waals surface area contributed by atoms with E-state index in [2.05, 4.69) is 5.32 Å². The summed E-state index contributed by atoms with van der Waals surface area (Å²) in [5.41, 5.74) is 2.72. The number of carbonyl (C=O) groups excluding carboxylic acids is 2. The Morgan fingerprint density at radius 1 is 0.872 bits per heavy atom. The number of anilines is 1. The molecule has 1 atom stereocenters. The number of carbonyl (C=O) groups is 2. The Labute approximate surface area is 275 Å². The Morgan fingerprint density at radius 3 is 2.23 bits per heavy atom. The molecule has 246 valence electrons. The lowest BCUT2D eigenvalue weighted by molar-refractivity contribution is -0.140. The first-order chi connectivity index (χ1) is 22.7. The summed E-state index contributed by atoms with van der Waals surface area (Å²) in [6.07, 6.45) is 0.904. The van der Waals surface area contributed by atoms with Crippen LogP contribution in [0.5, 0.6) is 11.5 Å². The van der Waals surface area contributed by atoms with E-state index in [0.29, 0.717) is 25.3 Å². The maximum absolute atomic E-state index is 14.5. The quantitative estimate of drug-likeness (QED) is 0.210. The zero-order chi connectivity index (χ0) is 33.4. The van der Waals surface area contributed by atoms with Crippen LogP contribution in [0.15, 0.2) is 102 Å². The van der Waals surface area contributed by atoms with Gasteiger partial charge in [-0.1, -0.05) is 67.1 Å². The molecule has 0 spiro atoms. The van der Waals surface area contributed by atoms with E-state index in [9.17, 15) is 22.4 Å². The van der Waals surface area contributed by atoms with E-state index in [4.69, 9.17) is 9.47 Å². The van der Waals surface area contributed by atoms with E-state index in [-0.39, 0.29) is 41.8 Å². The van der Waals surface area contributed by atoms with Gasteiger partial charge in [-0.15, -0.1) is 0 Å². The van der Waals surface area contributed by atoms with Gasteiger partial charge in [-0.3, -0.25) is 13.9 Å². The molecule has 4 aromatic rings. The third kappa shape index (κ3) is 8.28. The minimum absolute atomic E-state index is 0.0531. The van der Waals surface area contributed by atoms with Crippen molar-refractivity contribution in [2.45, 2.75) is 44.2 Å². The Hall–Kier alpha value is -4.90. The van der Waals surface area contributed by atoms with Crippen molar-refractivity contribution < 1.29 is 31.9 Å². The average molecular weight is 660 g/mol. The summed E-state index contributed by atoms with van der Waals surface area (Å²) in [6, 6.07) is 25.1. The number of hydrogen-bond acceptors (Lipinski definition) is 6. The van der Waals surface area contributed by atoms with E-state index < -0.39 is 34.3 Å². The topological polar surface area (TPSA) is 105 Å². The highest BCUT2D eigenvalue weighted by Gasteiger charge is 2.35. The van der Waals surface area contributed by atoms with Crippen molar-refractivity contribution in [3.63, 3.8) is 0 Å². The van der Waals surface area contributed by atoms with Gasteiger partial charge in [0.15, 0.2) is 11.5 Å². The van der Waals surface area contributed by atoms with Gasteiger partial charge < -0.3 is 19.7 Å². The Morgan fingerprint density at radius 2 is 1.55 bits per heavy atom. The maximum atomic E-state index is 14.5. The lowest BCUT2D eigenvalue weighted by Gasteiger charge is -2.34. The first-order valence-corrected chi connectivity index (χ1v) is 16.9. The fourth-order valence-corrected chi connectivity index (χ4v) is 6.69. The maximum Gasteiger partial charge on any atom is 0.264 e. The van der Waals surface area contributed by atoms with E-state index in [1.165, 1.54) is 35.2 Å². The molecule has 2 amide bonds. The molecular formula is C36H38FN3O6S. The zero-order valence-corrected chi connectivity index (χ0v) is 27.2. The standard InChI is InChI=1S/C36H38FN3O6S/c1-3-19-38-36(42)32(22-27-7-5-4-6-8-27)39(24-28-11-9-26(2)10-12-28)35(41)25-40(30-15-13-29(37)14-16-30)47(43,44)31-17-18-33-34(23-31)46-21-20-45-33/h4-18,23,32H,3,19-22,24-25H2,1-2H3,(H,38,42)/t32-/m1/s1. The summed E-state index contributed by atoms with van der Waals surface area (Å²) >= 11 is 0. The monoisotopic (exact) mass is 659 g/mol. The molecule has 11 heteroatoms. The highest BCUT2D eigenvalue weighted by molar-refractivity contribution is 7.92. The van der Waals surface area contributed by atoms with Crippen molar-refractivity contribution in [2.24, 2.45) is 0 Å². The van der Waals surface area contributed by atoms with Crippen molar-refractivity contribution in [2.75, 3.05) is 30.6 Å². The molecule has 0 aliphatic carbocycles. The highest BCUT2D eigenvalue weighted by Crippen LogP contribution is 2.34. The van der Waals surface area contributed by atoms with Crippen LogP contribution in [0, 0.1) is 12.7 Å². The molecular weight excluding hydrogens is 621 g/mol. The molecule has 0 saturated carbocycles. The number of halogens is 1. The molecule has 9 nitrogen and oxygen atoms in total. The van der Waals surface area contributed by atoms with Crippen LogP contribution in [-0.2, 0) is 32.6 Å². The first-order valence-electron chi connectivity index (χ1n) is 15.5. The van der Waals surface area contributed by atoms with Crippen molar-refractivity contribution in [1.82, 2.24) is 10.2 Å². The highest BCUT2D eigenvalue weighted by atomic mass is 32.2. The van der Waals surface area contributed by atoms with Gasteiger partial charge in [-0.2, -0.15) is 0 Å². The van der Waals surface area contributed by atoms with Crippen molar-refractivity contribution >= 4 is 27.5 Å². The van der Waals surface area contributed by atoms with Crippen LogP contribution >= 0.6 is 0 Å². The Kier molecular flexibility index (Phi) is 10.8. The minimum Gasteiger partial charge on any atom is -0.486 e. The first kappa shape index (κ1) is 33.5. The second-order valence-corrected chi connectivity index (χ2v) is 13.2. The summed E-state index contributed by atoms with van der Waals surface area (Å²) in [4.78, 5) is 29.5. The van der Waals surface area contributed by atoms with Gasteiger partial charge in [0.2, 0.25) is 11.8 Å². The number of nitrogens with zero attached hydrogens (tertiary/aromatic N) is 2. The van der Waals surface area contributed by atoms with Gasteiger partial charge >= 0.3 is 0 Å². The van der Waals surface area contributed by atoms with Gasteiger partial charge in [0.25, 0.3) is 10.0 Å². The van der Waals surface area contributed by atoms with Gasteiger partial charge in [-0.25, -0.2) is 12.8 Å². The number of hydrogen-bond donors (Lipinski definition) is 1. The van der Waals surface area contributed by atoms with Crippen LogP contribution < -0.4 is 19.1 Å². The predicted octanol–water partition coefficient (Wildman–Crippen LogP) is 5.27. The SMILES string of the molecule is CCCNC(=O)[C@@H](Cc1ccccc1)N(Cc1ccc(C)cc1)C(=O)CN(c1ccc(F)cc1)S(=O)(=O)c1ccc2c(c1)OCCO2. The second-order valence-electron chi connectivity index (χ2n) is 11.3. The normalized spacial score (nSPS) is 13.0. The number of sulfonamides is 1. The van der Waals surface area contributed by atoms with E-state index in [1.54, 1.807) is 0 Å². The number of benzene rings is 4. The third-order valence-electron chi connectivity index (χ3n) is 7.79. The summed E-state index contributed by atoms with van der Waals surface area (Å²) in [5, 5.41) is 2.93. The molecule has 1 heterocycles. The molecule has 0 aromatic heterocycles. The molecule has 1 aliphatic heterocycles. The van der Waals surface area contributed by atoms with Crippen LogP contribution in [0.1, 0.15) is 30.0 Å². The smallest absolute Gasteiger partial charge is 0.264 e. The number of rotatable bonds is 13. The molecule has 0 fully saturated rings. The molecule has 47 heavy (non-hydrogen) atoms. The lowest BCUT2D eigenvalue weighted by atomic mass is 10.0. The number of ether oxygens (including phenoxy) is 2. The zero-order valence-electron chi connectivity index (χ0n) is 26.4. The molecule has 4 aromatic carbocycles. The van der Waals surface area contributed by atoms with Gasteiger partial charge in [0.05, 0.1) is 10.6 Å². The molecule has 0 saturated heterocycles. The molecule has 1 aliphatic rings. The fourth-order valence-electron chi connectivity index (χ4n) is 5.26. The lowest BCUT2D eigenvalue weighted by Crippen LogP contribution is -2.53. The van der Waals surface area contributed by atoms with E-state index in [0.717, 1.165) is 33.1 Å². The van der Waals surface area contributed by atoms with Crippen LogP contribution in [0.25, 0.3) is 0 Å². The number of amides is 2.